The Balaban J connectivity index is 0.000000531. The van der Waals surface area contributed by atoms with Gasteiger partial charge in [0.2, 0.25) is 0 Å². The van der Waals surface area contributed by atoms with E-state index in [4.69, 9.17) is 0 Å². The van der Waals surface area contributed by atoms with Gasteiger partial charge in [0.1, 0.15) is 0 Å². The Bertz CT molecular complexity index is 401. The van der Waals surface area contributed by atoms with Crippen LogP contribution in [0.3, 0.4) is 0 Å². The number of rotatable bonds is 1. The van der Waals surface area contributed by atoms with Crippen LogP contribution in [0.4, 0.5) is 0 Å². The molecule has 2 aromatic rings. The van der Waals surface area contributed by atoms with Crippen LogP contribution in [0, 0.1) is 6.92 Å². The van der Waals surface area contributed by atoms with Gasteiger partial charge >= 0.3 is 0 Å². The molecule has 0 amide bonds. The third-order valence-electron chi connectivity index (χ3n) is 2.13. The molecule has 0 aliphatic heterocycles. The van der Waals surface area contributed by atoms with Gasteiger partial charge in [0.15, 0.2) is 0 Å². The molecule has 0 aromatic heterocycles. The van der Waals surface area contributed by atoms with Crippen LogP contribution < -0.4 is 0 Å². The molecule has 0 heteroatoms. The van der Waals surface area contributed by atoms with Crippen molar-refractivity contribution in [3.05, 3.63) is 73.3 Å². The van der Waals surface area contributed by atoms with Crippen molar-refractivity contribution in [2.24, 2.45) is 0 Å². The van der Waals surface area contributed by atoms with Crippen LogP contribution >= 0.6 is 0 Å². The van der Waals surface area contributed by atoms with Crippen molar-refractivity contribution in [3.8, 4) is 11.1 Å². The zero-order valence-electron chi connectivity index (χ0n) is 9.11. The number of hydrogen-bond acceptors (Lipinski definition) is 0. The monoisotopic (exact) mass is 196 g/mol. The van der Waals surface area contributed by atoms with E-state index in [2.05, 4.69) is 68.6 Å². The van der Waals surface area contributed by atoms with E-state index in [9.17, 15) is 0 Å². The summed E-state index contributed by atoms with van der Waals surface area (Å²) in [6.07, 6.45) is 0. The summed E-state index contributed by atoms with van der Waals surface area (Å²) in [6.45, 7) is 8.12. The average Bonchev–Trinajstić information content (AvgIpc) is 2.33. The van der Waals surface area contributed by atoms with E-state index in [-0.39, 0.29) is 0 Å². The zero-order valence-corrected chi connectivity index (χ0v) is 9.11. The quantitative estimate of drug-likeness (QED) is 0.590. The molecule has 76 valence electrons. The molecule has 0 unspecified atom stereocenters. The first-order valence-corrected chi connectivity index (χ1v) is 4.98. The Morgan fingerprint density at radius 1 is 0.733 bits per heavy atom. The lowest BCUT2D eigenvalue weighted by molar-refractivity contribution is 1.47. The van der Waals surface area contributed by atoms with E-state index in [0.29, 0.717) is 0 Å². The van der Waals surface area contributed by atoms with Crippen molar-refractivity contribution in [3.63, 3.8) is 0 Å². The molecule has 0 atom stereocenters. The average molecular weight is 196 g/mol. The predicted octanol–water partition coefficient (Wildman–Crippen LogP) is 4.46. The Hall–Kier alpha value is -1.82. The topological polar surface area (TPSA) is 0 Å². The Kier molecular flexibility index (Phi) is 4.36. The Morgan fingerprint density at radius 2 is 1.33 bits per heavy atom. The Labute approximate surface area is 91.9 Å². The van der Waals surface area contributed by atoms with Crippen molar-refractivity contribution in [1.82, 2.24) is 0 Å². The van der Waals surface area contributed by atoms with Crippen molar-refractivity contribution in [2.75, 3.05) is 0 Å². The largest absolute Gasteiger partial charge is 0.106 e. The van der Waals surface area contributed by atoms with Crippen molar-refractivity contribution in [1.29, 1.82) is 0 Å². The van der Waals surface area contributed by atoms with Crippen molar-refractivity contribution in [2.45, 2.75) is 6.92 Å². The Morgan fingerprint density at radius 3 is 1.93 bits per heavy atom. The van der Waals surface area contributed by atoms with Crippen molar-refractivity contribution < 1.29 is 0 Å². The molecule has 2 aromatic carbocycles. The molecule has 0 N–H and O–H groups in total. The predicted molar refractivity (Wildman–Crippen MR) is 67.9 cm³/mol. The highest BCUT2D eigenvalue weighted by Crippen LogP contribution is 2.19. The summed E-state index contributed by atoms with van der Waals surface area (Å²) >= 11 is 0. The second kappa shape index (κ2) is 5.82. The second-order valence-corrected chi connectivity index (χ2v) is 3.24. The molecule has 0 aliphatic carbocycles. The van der Waals surface area contributed by atoms with E-state index < -0.39 is 0 Å². The first-order valence-electron chi connectivity index (χ1n) is 4.98. The first-order chi connectivity index (χ1) is 7.36. The molecule has 0 radical (unpaired) electrons. The molecule has 0 bridgehead atoms. The molecular weight excluding hydrogens is 180 g/mol. The number of benzene rings is 2. The lowest BCUT2D eigenvalue weighted by Gasteiger charge is -2.01. The molecule has 0 fully saturated rings. The van der Waals surface area contributed by atoms with Gasteiger partial charge in [0.05, 0.1) is 0 Å². The standard InChI is InChI=1S/C13H12.C2H4/c1-11-6-5-9-13(10-11)12-7-3-2-4-8-12;1-2/h2-10H,1H3;1-2H2. The van der Waals surface area contributed by atoms with E-state index in [1.54, 1.807) is 0 Å². The molecule has 0 saturated carbocycles. The van der Waals surface area contributed by atoms with Gasteiger partial charge in [-0.1, -0.05) is 60.2 Å². The summed E-state index contributed by atoms with van der Waals surface area (Å²) in [7, 11) is 0. The minimum Gasteiger partial charge on any atom is -0.106 e. The highest BCUT2D eigenvalue weighted by atomic mass is 14.0. The van der Waals surface area contributed by atoms with Crippen molar-refractivity contribution >= 4 is 0 Å². The van der Waals surface area contributed by atoms with Gasteiger partial charge < -0.3 is 0 Å². The van der Waals surface area contributed by atoms with E-state index in [0.717, 1.165) is 0 Å². The molecular formula is C15H16. The lowest BCUT2D eigenvalue weighted by Crippen LogP contribution is -1.77. The second-order valence-electron chi connectivity index (χ2n) is 3.24. The van der Waals surface area contributed by atoms with Crippen LogP contribution in [0.2, 0.25) is 0 Å². The van der Waals surface area contributed by atoms with E-state index >= 15 is 0 Å². The summed E-state index contributed by atoms with van der Waals surface area (Å²) in [4.78, 5) is 0. The summed E-state index contributed by atoms with van der Waals surface area (Å²) in [6, 6.07) is 19.0. The fourth-order valence-electron chi connectivity index (χ4n) is 1.46. The summed E-state index contributed by atoms with van der Waals surface area (Å²) in [5.41, 5.74) is 3.88. The molecule has 0 spiro atoms. The summed E-state index contributed by atoms with van der Waals surface area (Å²) in [5, 5.41) is 0. The van der Waals surface area contributed by atoms with Gasteiger partial charge in [-0.2, -0.15) is 0 Å². The smallest absolute Gasteiger partial charge is 0.0181 e. The van der Waals surface area contributed by atoms with Crippen LogP contribution in [-0.2, 0) is 0 Å². The van der Waals surface area contributed by atoms with Gasteiger partial charge in [0.25, 0.3) is 0 Å². The lowest BCUT2D eigenvalue weighted by atomic mass is 10.0. The maximum Gasteiger partial charge on any atom is -0.0181 e. The molecule has 0 heterocycles. The fraction of sp³-hybridized carbons (Fsp3) is 0.0667. The van der Waals surface area contributed by atoms with Gasteiger partial charge in [-0.3, -0.25) is 0 Å². The fourth-order valence-corrected chi connectivity index (χ4v) is 1.46. The molecule has 15 heavy (non-hydrogen) atoms. The molecule has 0 aliphatic rings. The van der Waals surface area contributed by atoms with Crippen LogP contribution in [0.15, 0.2) is 67.8 Å². The van der Waals surface area contributed by atoms with Gasteiger partial charge in [-0.05, 0) is 18.1 Å². The summed E-state index contributed by atoms with van der Waals surface area (Å²) in [5.74, 6) is 0. The molecule has 2 rings (SSSR count). The third-order valence-corrected chi connectivity index (χ3v) is 2.13. The normalized spacial score (nSPS) is 8.87. The maximum atomic E-state index is 3.00. The van der Waals surface area contributed by atoms with Crippen LogP contribution in [-0.4, -0.2) is 0 Å². The number of aryl methyl sites for hydroxylation is 1. The molecule has 0 saturated heterocycles. The zero-order chi connectivity index (χ0) is 11.1. The molecule has 0 nitrogen and oxygen atoms in total. The third kappa shape index (κ3) is 3.10. The van der Waals surface area contributed by atoms with E-state index in [1.807, 2.05) is 6.07 Å². The minimum absolute atomic E-state index is 1.28. The SMILES string of the molecule is C=C.Cc1cccc(-c2ccccc2)c1. The van der Waals surface area contributed by atoms with E-state index in [1.165, 1.54) is 16.7 Å². The minimum atomic E-state index is 1.28. The maximum absolute atomic E-state index is 3.00. The van der Waals surface area contributed by atoms with Crippen LogP contribution in [0.5, 0.6) is 0 Å². The first kappa shape index (κ1) is 11.3. The van der Waals surface area contributed by atoms with Gasteiger partial charge in [-0.25, -0.2) is 0 Å². The van der Waals surface area contributed by atoms with Crippen LogP contribution in [0.25, 0.3) is 11.1 Å². The van der Waals surface area contributed by atoms with Crippen LogP contribution in [0.1, 0.15) is 5.56 Å². The number of hydrogen-bond donors (Lipinski definition) is 0. The summed E-state index contributed by atoms with van der Waals surface area (Å²) < 4.78 is 0. The van der Waals surface area contributed by atoms with Gasteiger partial charge in [-0.15, -0.1) is 13.2 Å². The van der Waals surface area contributed by atoms with Gasteiger partial charge in [0, 0.05) is 0 Å². The highest BCUT2D eigenvalue weighted by Gasteiger charge is 1.94. The highest BCUT2D eigenvalue weighted by molar-refractivity contribution is 5.63.